The van der Waals surface area contributed by atoms with Crippen molar-refractivity contribution in [1.82, 2.24) is 4.98 Å². The van der Waals surface area contributed by atoms with Crippen molar-refractivity contribution in [2.45, 2.75) is 9.79 Å². The summed E-state index contributed by atoms with van der Waals surface area (Å²) in [6.45, 7) is 0. The second-order valence-corrected chi connectivity index (χ2v) is 5.10. The average Bonchev–Trinajstić information content (AvgIpc) is 2.44. The van der Waals surface area contributed by atoms with Crippen molar-refractivity contribution in [3.63, 3.8) is 0 Å². The molecule has 0 unspecified atom stereocenters. The van der Waals surface area contributed by atoms with Gasteiger partial charge < -0.3 is 5.73 Å². The van der Waals surface area contributed by atoms with Gasteiger partial charge in [0.15, 0.2) is 0 Å². The number of fused-ring (bicyclic) bond motifs is 1. The minimum atomic E-state index is 0.774. The number of aromatic nitrogens is 1. The van der Waals surface area contributed by atoms with Crippen LogP contribution < -0.4 is 5.73 Å². The van der Waals surface area contributed by atoms with E-state index in [0.717, 1.165) is 16.5 Å². The molecule has 0 aliphatic carbocycles. The summed E-state index contributed by atoms with van der Waals surface area (Å²) < 4.78 is 0. The third-order valence-electron chi connectivity index (χ3n) is 2.78. The molecule has 2 N–H and O–H groups in total. The number of hydrogen-bond donors (Lipinski definition) is 1. The van der Waals surface area contributed by atoms with Gasteiger partial charge in [0, 0.05) is 38.6 Å². The van der Waals surface area contributed by atoms with E-state index in [1.165, 1.54) is 9.79 Å². The Kier molecular flexibility index (Phi) is 2.90. The summed E-state index contributed by atoms with van der Waals surface area (Å²) in [5.41, 5.74) is 6.74. The van der Waals surface area contributed by atoms with E-state index in [9.17, 15) is 0 Å². The van der Waals surface area contributed by atoms with Crippen LogP contribution in [-0.2, 0) is 0 Å². The van der Waals surface area contributed by atoms with E-state index in [0.29, 0.717) is 0 Å². The van der Waals surface area contributed by atoms with Crippen LogP contribution in [0.1, 0.15) is 0 Å². The lowest BCUT2D eigenvalue weighted by Gasteiger charge is -2.07. The molecule has 3 aromatic rings. The molecule has 0 fully saturated rings. The first-order valence-electron chi connectivity index (χ1n) is 5.70. The highest BCUT2D eigenvalue weighted by Gasteiger charge is 2.05. The molecule has 0 spiro atoms. The molecule has 0 atom stereocenters. The van der Waals surface area contributed by atoms with Crippen molar-refractivity contribution in [3.05, 3.63) is 60.9 Å². The molecule has 0 saturated heterocycles. The maximum atomic E-state index is 5.97. The number of rotatable bonds is 2. The lowest BCUT2D eigenvalue weighted by Crippen LogP contribution is -1.88. The number of nitrogen functional groups attached to an aromatic ring is 1. The Morgan fingerprint density at radius 1 is 0.889 bits per heavy atom. The van der Waals surface area contributed by atoms with Gasteiger partial charge in [-0.3, -0.25) is 4.98 Å². The number of benzene rings is 2. The molecule has 1 heterocycles. The zero-order chi connectivity index (χ0) is 12.4. The van der Waals surface area contributed by atoms with Crippen LogP contribution in [0.15, 0.2) is 70.7 Å². The third kappa shape index (κ3) is 2.05. The van der Waals surface area contributed by atoms with E-state index >= 15 is 0 Å². The third-order valence-corrected chi connectivity index (χ3v) is 3.87. The van der Waals surface area contributed by atoms with Crippen LogP contribution >= 0.6 is 11.8 Å². The van der Waals surface area contributed by atoms with E-state index < -0.39 is 0 Å². The summed E-state index contributed by atoms with van der Waals surface area (Å²) in [7, 11) is 0. The molecule has 2 nitrogen and oxygen atoms in total. The molecule has 0 amide bonds. The highest BCUT2D eigenvalue weighted by molar-refractivity contribution is 7.99. The normalized spacial score (nSPS) is 10.7. The first kappa shape index (κ1) is 11.1. The van der Waals surface area contributed by atoms with Gasteiger partial charge in [-0.2, -0.15) is 0 Å². The van der Waals surface area contributed by atoms with Gasteiger partial charge in [0.1, 0.15) is 0 Å². The number of pyridine rings is 1. The second-order valence-electron chi connectivity index (χ2n) is 3.99. The molecule has 0 radical (unpaired) electrons. The number of nitrogens with two attached hydrogens (primary N) is 1. The Labute approximate surface area is 110 Å². The predicted octanol–water partition coefficient (Wildman–Crippen LogP) is 3.97. The zero-order valence-corrected chi connectivity index (χ0v) is 10.5. The molecule has 0 bridgehead atoms. The van der Waals surface area contributed by atoms with Gasteiger partial charge in [0.2, 0.25) is 0 Å². The fourth-order valence-corrected chi connectivity index (χ4v) is 2.86. The van der Waals surface area contributed by atoms with E-state index in [4.69, 9.17) is 5.73 Å². The fourth-order valence-electron chi connectivity index (χ4n) is 1.89. The summed E-state index contributed by atoms with van der Waals surface area (Å²) in [4.78, 5) is 6.56. The predicted molar refractivity (Wildman–Crippen MR) is 76.7 cm³/mol. The number of hydrogen-bond acceptors (Lipinski definition) is 3. The lowest BCUT2D eigenvalue weighted by atomic mass is 10.1. The van der Waals surface area contributed by atoms with Gasteiger partial charge in [-0.25, -0.2) is 0 Å². The lowest BCUT2D eigenvalue weighted by molar-refractivity contribution is 1.35. The Morgan fingerprint density at radius 2 is 1.72 bits per heavy atom. The molecule has 3 rings (SSSR count). The van der Waals surface area contributed by atoms with Crippen molar-refractivity contribution in [2.24, 2.45) is 0 Å². The van der Waals surface area contributed by atoms with Crippen molar-refractivity contribution in [1.29, 1.82) is 0 Å². The molecular formula is C15H12N2S. The molecule has 3 heteroatoms. The number of nitrogens with zero attached hydrogens (tertiary/aromatic N) is 1. The fraction of sp³-hybridized carbons (Fsp3) is 0. The molecular weight excluding hydrogens is 240 g/mol. The molecule has 0 saturated carbocycles. The molecule has 0 aliphatic heterocycles. The number of anilines is 1. The van der Waals surface area contributed by atoms with Gasteiger partial charge in [-0.05, 0) is 30.3 Å². The summed E-state index contributed by atoms with van der Waals surface area (Å²) in [6.07, 6.45) is 3.62. The quantitative estimate of drug-likeness (QED) is 0.701. The Balaban J connectivity index is 2.10. The highest BCUT2D eigenvalue weighted by atomic mass is 32.2. The van der Waals surface area contributed by atoms with Crippen LogP contribution in [-0.4, -0.2) is 4.98 Å². The Hall–Kier alpha value is -2.00. The standard InChI is InChI=1S/C15H12N2S/c16-14-6-7-15(12-8-9-17-10-13(12)14)18-11-4-2-1-3-5-11/h1-10H,16H2. The average molecular weight is 252 g/mol. The van der Waals surface area contributed by atoms with Gasteiger partial charge in [0.05, 0.1) is 0 Å². The minimum Gasteiger partial charge on any atom is -0.398 e. The molecule has 2 aromatic carbocycles. The van der Waals surface area contributed by atoms with Gasteiger partial charge in [-0.15, -0.1) is 0 Å². The first-order valence-corrected chi connectivity index (χ1v) is 6.51. The summed E-state index contributed by atoms with van der Waals surface area (Å²) in [6, 6.07) is 16.3. The molecule has 0 aliphatic rings. The first-order chi connectivity index (χ1) is 8.84. The van der Waals surface area contributed by atoms with Gasteiger partial charge in [0.25, 0.3) is 0 Å². The van der Waals surface area contributed by atoms with Crippen LogP contribution in [0, 0.1) is 0 Å². The smallest absolute Gasteiger partial charge is 0.0410 e. The summed E-state index contributed by atoms with van der Waals surface area (Å²) >= 11 is 1.74. The second kappa shape index (κ2) is 4.70. The SMILES string of the molecule is Nc1ccc(Sc2ccccc2)c2ccncc12. The summed E-state index contributed by atoms with van der Waals surface area (Å²) in [5.74, 6) is 0. The van der Waals surface area contributed by atoms with E-state index in [1.807, 2.05) is 36.5 Å². The molecule has 1 aromatic heterocycles. The van der Waals surface area contributed by atoms with Crippen LogP contribution in [0.3, 0.4) is 0 Å². The van der Waals surface area contributed by atoms with E-state index in [2.05, 4.69) is 23.2 Å². The van der Waals surface area contributed by atoms with Crippen LogP contribution in [0.4, 0.5) is 5.69 Å². The largest absolute Gasteiger partial charge is 0.398 e. The van der Waals surface area contributed by atoms with Gasteiger partial charge >= 0.3 is 0 Å². The zero-order valence-electron chi connectivity index (χ0n) is 9.71. The van der Waals surface area contributed by atoms with Crippen molar-refractivity contribution < 1.29 is 0 Å². The van der Waals surface area contributed by atoms with Gasteiger partial charge in [-0.1, -0.05) is 30.0 Å². The maximum absolute atomic E-state index is 5.97. The van der Waals surface area contributed by atoms with E-state index in [1.54, 1.807) is 18.0 Å². The van der Waals surface area contributed by atoms with Crippen LogP contribution in [0.25, 0.3) is 10.8 Å². The maximum Gasteiger partial charge on any atom is 0.0410 e. The van der Waals surface area contributed by atoms with Crippen LogP contribution in [0.5, 0.6) is 0 Å². The molecule has 18 heavy (non-hydrogen) atoms. The monoisotopic (exact) mass is 252 g/mol. The highest BCUT2D eigenvalue weighted by Crippen LogP contribution is 2.35. The van der Waals surface area contributed by atoms with Crippen molar-refractivity contribution >= 4 is 28.2 Å². The molecule has 88 valence electrons. The Bertz CT molecular complexity index is 680. The summed E-state index contributed by atoms with van der Waals surface area (Å²) in [5, 5.41) is 2.16. The van der Waals surface area contributed by atoms with Crippen molar-refractivity contribution in [2.75, 3.05) is 5.73 Å². The van der Waals surface area contributed by atoms with E-state index in [-0.39, 0.29) is 0 Å². The Morgan fingerprint density at radius 3 is 2.56 bits per heavy atom. The minimum absolute atomic E-state index is 0.774. The topological polar surface area (TPSA) is 38.9 Å². The van der Waals surface area contributed by atoms with Crippen molar-refractivity contribution in [3.8, 4) is 0 Å². The van der Waals surface area contributed by atoms with Crippen LogP contribution in [0.2, 0.25) is 0 Å².